The first kappa shape index (κ1) is 18.5. The van der Waals surface area contributed by atoms with Gasteiger partial charge in [0.1, 0.15) is 17.6 Å². The minimum Gasteiger partial charge on any atom is -0.497 e. The van der Waals surface area contributed by atoms with Crippen LogP contribution in [0.25, 0.3) is 10.9 Å². The van der Waals surface area contributed by atoms with Crippen LogP contribution in [-0.4, -0.2) is 49.1 Å². The number of aromatic nitrogens is 1. The summed E-state index contributed by atoms with van der Waals surface area (Å²) in [5.41, 5.74) is 1.39. The van der Waals surface area contributed by atoms with Gasteiger partial charge in [-0.1, -0.05) is 19.3 Å². The Morgan fingerprint density at radius 2 is 1.89 bits per heavy atom. The molecule has 6 heteroatoms. The molecule has 1 saturated carbocycles. The molecule has 1 aliphatic carbocycles. The zero-order valence-electron chi connectivity index (χ0n) is 16.4. The highest BCUT2D eigenvalue weighted by molar-refractivity contribution is 5.84. The number of piperazine rings is 1. The molecular weight excluding hydrogens is 352 g/mol. The van der Waals surface area contributed by atoms with E-state index in [0.29, 0.717) is 43.5 Å². The quantitative estimate of drug-likeness (QED) is 0.819. The van der Waals surface area contributed by atoms with Crippen molar-refractivity contribution in [2.45, 2.75) is 32.1 Å². The first-order chi connectivity index (χ1) is 13.7. The Balaban J connectivity index is 1.51. The smallest absolute Gasteiger partial charge is 0.225 e. The second kappa shape index (κ2) is 8.05. The maximum Gasteiger partial charge on any atom is 0.225 e. The zero-order chi connectivity index (χ0) is 19.5. The number of nitrogens with zero attached hydrogens (tertiary/aromatic N) is 4. The van der Waals surface area contributed by atoms with E-state index in [2.05, 4.69) is 11.0 Å². The molecule has 1 aliphatic heterocycles. The third-order valence-corrected chi connectivity index (χ3v) is 5.97. The standard InChI is InChI=1S/C22H26N4O2/c1-28-19-8-7-17-13-18(15-23)21(24-20(17)14-19)25-9-11-26(12-10-25)22(27)16-5-3-2-4-6-16/h7-8,13-14,16H,2-6,9-12H2,1H3. The van der Waals surface area contributed by atoms with E-state index in [1.54, 1.807) is 7.11 Å². The lowest BCUT2D eigenvalue weighted by molar-refractivity contribution is -0.136. The van der Waals surface area contributed by atoms with Crippen molar-refractivity contribution in [3.05, 3.63) is 29.8 Å². The van der Waals surface area contributed by atoms with E-state index in [0.717, 1.165) is 29.5 Å². The molecule has 4 rings (SSSR count). The molecule has 1 amide bonds. The number of carbonyl (C=O) groups is 1. The van der Waals surface area contributed by atoms with Crippen LogP contribution in [0.15, 0.2) is 24.3 Å². The second-order valence-corrected chi connectivity index (χ2v) is 7.68. The lowest BCUT2D eigenvalue weighted by atomic mass is 9.88. The van der Waals surface area contributed by atoms with E-state index < -0.39 is 0 Å². The van der Waals surface area contributed by atoms with Crippen molar-refractivity contribution in [2.75, 3.05) is 38.2 Å². The molecule has 146 valence electrons. The molecule has 2 aliphatic rings. The first-order valence-corrected chi connectivity index (χ1v) is 10.1. The third-order valence-electron chi connectivity index (χ3n) is 5.97. The van der Waals surface area contributed by atoms with Gasteiger partial charge in [0.15, 0.2) is 0 Å². The van der Waals surface area contributed by atoms with E-state index in [4.69, 9.17) is 9.72 Å². The van der Waals surface area contributed by atoms with E-state index in [9.17, 15) is 10.1 Å². The number of amides is 1. The van der Waals surface area contributed by atoms with Crippen LogP contribution in [0.5, 0.6) is 5.75 Å². The van der Waals surface area contributed by atoms with Crippen LogP contribution in [0, 0.1) is 17.2 Å². The fourth-order valence-electron chi connectivity index (χ4n) is 4.33. The molecule has 0 radical (unpaired) electrons. The van der Waals surface area contributed by atoms with Crippen LogP contribution < -0.4 is 9.64 Å². The number of carbonyl (C=O) groups excluding carboxylic acids is 1. The molecule has 0 unspecified atom stereocenters. The van der Waals surface area contributed by atoms with Gasteiger partial charge in [-0.15, -0.1) is 0 Å². The van der Waals surface area contributed by atoms with Gasteiger partial charge in [0.2, 0.25) is 5.91 Å². The molecule has 0 atom stereocenters. The summed E-state index contributed by atoms with van der Waals surface area (Å²) in [6, 6.07) is 9.86. The number of rotatable bonds is 3. The van der Waals surface area contributed by atoms with E-state index in [1.807, 2.05) is 29.2 Å². The van der Waals surface area contributed by atoms with E-state index >= 15 is 0 Å². The number of nitriles is 1. The van der Waals surface area contributed by atoms with Gasteiger partial charge in [0.25, 0.3) is 0 Å². The van der Waals surface area contributed by atoms with Crippen molar-refractivity contribution in [3.63, 3.8) is 0 Å². The minimum absolute atomic E-state index is 0.209. The van der Waals surface area contributed by atoms with Crippen molar-refractivity contribution >= 4 is 22.6 Å². The van der Waals surface area contributed by atoms with Gasteiger partial charge in [-0.05, 0) is 31.0 Å². The van der Waals surface area contributed by atoms with Gasteiger partial charge in [-0.2, -0.15) is 5.26 Å². The Morgan fingerprint density at radius 1 is 1.14 bits per heavy atom. The highest BCUT2D eigenvalue weighted by Crippen LogP contribution is 2.28. The number of ether oxygens (including phenoxy) is 1. The van der Waals surface area contributed by atoms with E-state index in [1.165, 1.54) is 19.3 Å². The Labute approximate surface area is 165 Å². The van der Waals surface area contributed by atoms with Crippen LogP contribution in [0.1, 0.15) is 37.7 Å². The fourth-order valence-corrected chi connectivity index (χ4v) is 4.33. The van der Waals surface area contributed by atoms with Crippen LogP contribution in [0.4, 0.5) is 5.82 Å². The van der Waals surface area contributed by atoms with Crippen molar-refractivity contribution in [1.29, 1.82) is 5.26 Å². The average Bonchev–Trinajstić information content (AvgIpc) is 2.78. The number of benzene rings is 1. The highest BCUT2D eigenvalue weighted by Gasteiger charge is 2.29. The first-order valence-electron chi connectivity index (χ1n) is 10.1. The Hall–Kier alpha value is -2.81. The van der Waals surface area contributed by atoms with Crippen LogP contribution in [-0.2, 0) is 4.79 Å². The molecule has 0 spiro atoms. The molecule has 0 N–H and O–H groups in total. The SMILES string of the molecule is COc1ccc2cc(C#N)c(N3CCN(C(=O)C4CCCCC4)CC3)nc2c1. The van der Waals surface area contributed by atoms with E-state index in [-0.39, 0.29) is 5.92 Å². The van der Waals surface area contributed by atoms with Gasteiger partial charge in [-0.25, -0.2) is 4.98 Å². The summed E-state index contributed by atoms with van der Waals surface area (Å²) in [6.45, 7) is 2.79. The molecule has 2 heterocycles. The Bertz CT molecular complexity index is 907. The van der Waals surface area contributed by atoms with Gasteiger partial charge < -0.3 is 14.5 Å². The summed E-state index contributed by atoms with van der Waals surface area (Å²) in [5, 5.41) is 10.5. The maximum absolute atomic E-state index is 12.8. The second-order valence-electron chi connectivity index (χ2n) is 7.68. The van der Waals surface area contributed by atoms with Gasteiger partial charge in [0.05, 0.1) is 18.2 Å². The molecule has 1 saturated heterocycles. The molecule has 1 aromatic carbocycles. The zero-order valence-corrected chi connectivity index (χ0v) is 16.4. The summed E-state index contributed by atoms with van der Waals surface area (Å²) in [7, 11) is 1.63. The van der Waals surface area contributed by atoms with Crippen LogP contribution >= 0.6 is 0 Å². The summed E-state index contributed by atoms with van der Waals surface area (Å²) < 4.78 is 5.30. The lowest BCUT2D eigenvalue weighted by Gasteiger charge is -2.38. The molecule has 2 aromatic rings. The molecule has 1 aromatic heterocycles. The predicted molar refractivity (Wildman–Crippen MR) is 108 cm³/mol. The number of methoxy groups -OCH3 is 1. The maximum atomic E-state index is 12.8. The normalized spacial score (nSPS) is 18.1. The summed E-state index contributed by atoms with van der Waals surface area (Å²) in [6.07, 6.45) is 5.67. The fraction of sp³-hybridized carbons (Fsp3) is 0.500. The number of hydrogen-bond acceptors (Lipinski definition) is 5. The van der Waals surface area contributed by atoms with Crippen molar-refractivity contribution in [3.8, 4) is 11.8 Å². The molecule has 28 heavy (non-hydrogen) atoms. The topological polar surface area (TPSA) is 69.5 Å². The van der Waals surface area contributed by atoms with Crippen molar-refractivity contribution in [2.24, 2.45) is 5.92 Å². The molecular formula is C22H26N4O2. The summed E-state index contributed by atoms with van der Waals surface area (Å²) in [4.78, 5) is 21.7. The third kappa shape index (κ3) is 3.62. The van der Waals surface area contributed by atoms with Gasteiger partial charge >= 0.3 is 0 Å². The highest BCUT2D eigenvalue weighted by atomic mass is 16.5. The lowest BCUT2D eigenvalue weighted by Crippen LogP contribution is -2.51. The minimum atomic E-state index is 0.209. The molecule has 2 fully saturated rings. The number of pyridine rings is 1. The molecule has 6 nitrogen and oxygen atoms in total. The number of hydrogen-bond donors (Lipinski definition) is 0. The van der Waals surface area contributed by atoms with Gasteiger partial charge in [0, 0.05) is 43.5 Å². The largest absolute Gasteiger partial charge is 0.497 e. The summed E-state index contributed by atoms with van der Waals surface area (Å²) in [5.74, 6) is 1.98. The Morgan fingerprint density at radius 3 is 2.57 bits per heavy atom. The number of anilines is 1. The monoisotopic (exact) mass is 378 g/mol. The van der Waals surface area contributed by atoms with Crippen LogP contribution in [0.3, 0.4) is 0 Å². The summed E-state index contributed by atoms with van der Waals surface area (Å²) >= 11 is 0. The number of fused-ring (bicyclic) bond motifs is 1. The van der Waals surface area contributed by atoms with Crippen molar-refractivity contribution in [1.82, 2.24) is 9.88 Å². The van der Waals surface area contributed by atoms with Crippen LogP contribution in [0.2, 0.25) is 0 Å². The average molecular weight is 378 g/mol. The Kier molecular flexibility index (Phi) is 5.34. The van der Waals surface area contributed by atoms with Crippen molar-refractivity contribution < 1.29 is 9.53 Å². The molecule has 0 bridgehead atoms. The van der Waals surface area contributed by atoms with Gasteiger partial charge in [-0.3, -0.25) is 4.79 Å². The predicted octanol–water partition coefficient (Wildman–Crippen LogP) is 3.34.